The van der Waals surface area contributed by atoms with E-state index in [0.717, 1.165) is 0 Å². The molecular formula is C9H9BN2O3. The second kappa shape index (κ2) is 3.58. The molecule has 0 aromatic rings. The summed E-state index contributed by atoms with van der Waals surface area (Å²) < 4.78 is 15.9. The average Bonchev–Trinajstić information content (AvgIpc) is 2.18. The lowest BCUT2D eigenvalue weighted by Gasteiger charge is -2.44. The minimum Gasteiger partial charge on any atom is -0.513 e. The second-order valence-corrected chi connectivity index (χ2v) is 3.58. The Labute approximate surface area is 88.0 Å². The fraction of sp³-hybridized carbons (Fsp3) is 0.556. The highest BCUT2D eigenvalue weighted by Crippen LogP contribution is 2.37. The van der Waals surface area contributed by atoms with Gasteiger partial charge in [0.25, 0.3) is 0 Å². The minimum atomic E-state index is -0.785. The van der Waals surface area contributed by atoms with E-state index in [-0.39, 0.29) is 23.7 Å². The molecule has 3 saturated heterocycles. The van der Waals surface area contributed by atoms with Crippen molar-refractivity contribution in [2.24, 2.45) is 5.92 Å². The monoisotopic (exact) mass is 204 g/mol. The maximum atomic E-state index is 8.79. The van der Waals surface area contributed by atoms with Gasteiger partial charge in [-0.25, -0.2) is 0 Å². The maximum Gasteiger partial charge on any atom is 0.713 e. The summed E-state index contributed by atoms with van der Waals surface area (Å²) >= 11 is 0. The van der Waals surface area contributed by atoms with Crippen LogP contribution in [0.15, 0.2) is 11.3 Å². The Morgan fingerprint density at radius 2 is 1.73 bits per heavy atom. The Morgan fingerprint density at radius 1 is 1.20 bits per heavy atom. The summed E-state index contributed by atoms with van der Waals surface area (Å²) in [6, 6.07) is 3.66. The van der Waals surface area contributed by atoms with Crippen LogP contribution in [0.1, 0.15) is 13.8 Å². The quantitative estimate of drug-likeness (QED) is 0.429. The van der Waals surface area contributed by atoms with Gasteiger partial charge in [-0.3, -0.25) is 0 Å². The van der Waals surface area contributed by atoms with Crippen molar-refractivity contribution < 1.29 is 14.0 Å². The van der Waals surface area contributed by atoms with Crippen molar-refractivity contribution in [3.63, 3.8) is 0 Å². The molecule has 6 heteroatoms. The molecule has 0 aromatic carbocycles. The summed E-state index contributed by atoms with van der Waals surface area (Å²) in [7, 11) is -0.785. The van der Waals surface area contributed by atoms with Gasteiger partial charge in [0.2, 0.25) is 0 Å². The molecule has 0 radical (unpaired) electrons. The molecule has 0 aliphatic carbocycles. The van der Waals surface area contributed by atoms with E-state index in [4.69, 9.17) is 24.5 Å². The Balaban J connectivity index is 2.42. The molecule has 0 aromatic heterocycles. The third kappa shape index (κ3) is 1.48. The van der Waals surface area contributed by atoms with Crippen molar-refractivity contribution >= 4 is 7.32 Å². The molecule has 3 aliphatic heterocycles. The molecule has 0 spiro atoms. The Hall–Kier alpha value is -1.50. The lowest BCUT2D eigenvalue weighted by Crippen LogP contribution is -2.54. The standard InChI is InChI=1S/C9H9BN2O3/c1-5-8-6(2)14-10(13-5)15-9(8)7(3-11)4-12/h5-6,8H,1-2H3. The second-order valence-electron chi connectivity index (χ2n) is 3.58. The van der Waals surface area contributed by atoms with Crippen LogP contribution in [-0.4, -0.2) is 19.5 Å². The van der Waals surface area contributed by atoms with Gasteiger partial charge in [0.05, 0.1) is 18.1 Å². The summed E-state index contributed by atoms with van der Waals surface area (Å²) in [5, 5.41) is 17.6. The first-order chi connectivity index (χ1) is 7.17. The zero-order valence-corrected chi connectivity index (χ0v) is 8.43. The summed E-state index contributed by atoms with van der Waals surface area (Å²) in [5.41, 5.74) is 0.00954. The third-order valence-corrected chi connectivity index (χ3v) is 2.66. The predicted octanol–water partition coefficient (Wildman–Crippen LogP) is 0.743. The molecule has 3 rings (SSSR count). The molecule has 0 N–H and O–H groups in total. The Kier molecular flexibility index (Phi) is 2.40. The number of hydrogen-bond donors (Lipinski definition) is 0. The molecule has 15 heavy (non-hydrogen) atoms. The molecule has 5 nitrogen and oxygen atoms in total. The van der Waals surface area contributed by atoms with Crippen molar-refractivity contribution in [1.82, 2.24) is 0 Å². The Morgan fingerprint density at radius 3 is 2.13 bits per heavy atom. The van der Waals surface area contributed by atoms with Crippen LogP contribution in [0.3, 0.4) is 0 Å². The van der Waals surface area contributed by atoms with Gasteiger partial charge < -0.3 is 14.0 Å². The van der Waals surface area contributed by atoms with Crippen molar-refractivity contribution in [3.05, 3.63) is 11.3 Å². The van der Waals surface area contributed by atoms with Crippen molar-refractivity contribution in [3.8, 4) is 12.1 Å². The van der Waals surface area contributed by atoms with Gasteiger partial charge in [-0.15, -0.1) is 0 Å². The van der Waals surface area contributed by atoms with Gasteiger partial charge in [0, 0.05) is 0 Å². The van der Waals surface area contributed by atoms with Crippen molar-refractivity contribution in [2.45, 2.75) is 26.1 Å². The largest absolute Gasteiger partial charge is 0.713 e. The van der Waals surface area contributed by atoms with E-state index < -0.39 is 7.32 Å². The van der Waals surface area contributed by atoms with E-state index in [2.05, 4.69) is 0 Å². The van der Waals surface area contributed by atoms with Crippen molar-refractivity contribution in [1.29, 1.82) is 10.5 Å². The van der Waals surface area contributed by atoms with Crippen LogP contribution < -0.4 is 0 Å². The first-order valence-corrected chi connectivity index (χ1v) is 4.69. The van der Waals surface area contributed by atoms with Crippen LogP contribution in [0.25, 0.3) is 0 Å². The fourth-order valence-electron chi connectivity index (χ4n) is 1.96. The van der Waals surface area contributed by atoms with E-state index in [0.29, 0.717) is 5.76 Å². The Bertz CT molecular complexity index is 367. The van der Waals surface area contributed by atoms with Gasteiger partial charge in [0.1, 0.15) is 17.9 Å². The number of allylic oxidation sites excluding steroid dienone is 1. The predicted molar refractivity (Wildman–Crippen MR) is 49.7 cm³/mol. The number of rotatable bonds is 0. The molecule has 0 saturated carbocycles. The minimum absolute atomic E-state index is 0.00954. The zero-order chi connectivity index (χ0) is 11.0. The number of hydrogen-bond acceptors (Lipinski definition) is 5. The SMILES string of the molecule is CC1OB2OC(=C(C#N)C#N)C1C(C)O2. The molecule has 3 fully saturated rings. The van der Waals surface area contributed by atoms with E-state index >= 15 is 0 Å². The van der Waals surface area contributed by atoms with Crippen LogP contribution >= 0.6 is 0 Å². The van der Waals surface area contributed by atoms with Crippen molar-refractivity contribution in [2.75, 3.05) is 0 Å². The maximum absolute atomic E-state index is 8.79. The highest BCUT2D eigenvalue weighted by molar-refractivity contribution is 6.37. The van der Waals surface area contributed by atoms with E-state index in [1.54, 1.807) is 0 Å². The van der Waals surface area contributed by atoms with E-state index in [1.165, 1.54) is 0 Å². The lowest BCUT2D eigenvalue weighted by molar-refractivity contribution is -0.0954. The molecule has 0 amide bonds. The van der Waals surface area contributed by atoms with Gasteiger partial charge in [-0.1, -0.05) is 0 Å². The molecule has 3 heterocycles. The number of nitrogens with zero attached hydrogens (tertiary/aromatic N) is 2. The summed E-state index contributed by atoms with van der Waals surface area (Å²) in [4.78, 5) is 0. The number of fused-ring (bicyclic) bond motifs is 3. The van der Waals surface area contributed by atoms with Crippen LogP contribution in [0.5, 0.6) is 0 Å². The highest BCUT2D eigenvalue weighted by Gasteiger charge is 2.51. The van der Waals surface area contributed by atoms with Crippen LogP contribution in [0.4, 0.5) is 0 Å². The summed E-state index contributed by atoms with van der Waals surface area (Å²) in [6.07, 6.45) is -0.196. The molecule has 3 aliphatic rings. The molecule has 2 bridgehead atoms. The molecule has 76 valence electrons. The van der Waals surface area contributed by atoms with E-state index in [9.17, 15) is 0 Å². The van der Waals surface area contributed by atoms with Gasteiger partial charge in [-0.05, 0) is 13.8 Å². The van der Waals surface area contributed by atoms with Crippen LogP contribution in [0, 0.1) is 28.6 Å². The van der Waals surface area contributed by atoms with E-state index in [1.807, 2.05) is 26.0 Å². The molecular weight excluding hydrogens is 195 g/mol. The number of nitriles is 2. The fourth-order valence-corrected chi connectivity index (χ4v) is 1.96. The van der Waals surface area contributed by atoms with Gasteiger partial charge in [-0.2, -0.15) is 10.5 Å². The third-order valence-electron chi connectivity index (χ3n) is 2.66. The normalized spacial score (nSPS) is 32.9. The first-order valence-electron chi connectivity index (χ1n) is 4.69. The van der Waals surface area contributed by atoms with Crippen LogP contribution in [0.2, 0.25) is 0 Å². The summed E-state index contributed by atoms with van der Waals surface area (Å²) in [5.74, 6) is 0.229. The summed E-state index contributed by atoms with van der Waals surface area (Å²) in [6.45, 7) is 3.76. The average molecular weight is 204 g/mol. The van der Waals surface area contributed by atoms with Gasteiger partial charge >= 0.3 is 7.32 Å². The lowest BCUT2D eigenvalue weighted by atomic mass is 9.85. The molecule has 2 unspecified atom stereocenters. The smallest absolute Gasteiger partial charge is 0.513 e. The first kappa shape index (κ1) is 10.0. The topological polar surface area (TPSA) is 75.3 Å². The molecule has 2 atom stereocenters. The zero-order valence-electron chi connectivity index (χ0n) is 8.43. The van der Waals surface area contributed by atoms with Gasteiger partial charge in [0.15, 0.2) is 5.57 Å². The highest BCUT2D eigenvalue weighted by atomic mass is 16.8. The van der Waals surface area contributed by atoms with Crippen LogP contribution in [-0.2, 0) is 14.0 Å².